The molecular formula is C21H21ClN4O4. The summed E-state index contributed by atoms with van der Waals surface area (Å²) >= 11 is 6.10. The lowest BCUT2D eigenvalue weighted by Crippen LogP contribution is -2.36. The Morgan fingerprint density at radius 1 is 1.23 bits per heavy atom. The number of amides is 2. The molecule has 0 aliphatic heterocycles. The van der Waals surface area contributed by atoms with Crippen LogP contribution in [0.1, 0.15) is 13.3 Å². The van der Waals surface area contributed by atoms with Crippen molar-refractivity contribution in [2.45, 2.75) is 19.9 Å². The largest absolute Gasteiger partial charge is 0.495 e. The first-order chi connectivity index (χ1) is 14.3. The lowest BCUT2D eigenvalue weighted by Gasteiger charge is -2.18. The molecule has 156 valence electrons. The van der Waals surface area contributed by atoms with Crippen LogP contribution in [0.15, 0.2) is 47.3 Å². The van der Waals surface area contributed by atoms with E-state index >= 15 is 0 Å². The Morgan fingerprint density at radius 3 is 2.63 bits per heavy atom. The van der Waals surface area contributed by atoms with E-state index in [1.807, 2.05) is 0 Å². The molecule has 9 heteroatoms. The Kier molecular flexibility index (Phi) is 6.37. The number of aromatic nitrogens is 2. The van der Waals surface area contributed by atoms with E-state index < -0.39 is 11.5 Å². The van der Waals surface area contributed by atoms with Gasteiger partial charge in [-0.3, -0.25) is 23.9 Å². The van der Waals surface area contributed by atoms with Crippen molar-refractivity contribution in [1.82, 2.24) is 9.55 Å². The molecule has 0 bridgehead atoms. The minimum Gasteiger partial charge on any atom is -0.495 e. The van der Waals surface area contributed by atoms with Gasteiger partial charge in [0.05, 0.1) is 23.2 Å². The molecule has 1 aromatic heterocycles. The van der Waals surface area contributed by atoms with Crippen molar-refractivity contribution in [3.05, 3.63) is 57.8 Å². The van der Waals surface area contributed by atoms with Gasteiger partial charge in [-0.25, -0.2) is 4.98 Å². The van der Waals surface area contributed by atoms with Gasteiger partial charge >= 0.3 is 0 Å². The zero-order chi connectivity index (χ0) is 21.8. The fourth-order valence-corrected chi connectivity index (χ4v) is 3.26. The van der Waals surface area contributed by atoms with Gasteiger partial charge < -0.3 is 10.1 Å². The number of fused-ring (bicyclic) bond motifs is 1. The van der Waals surface area contributed by atoms with E-state index in [1.54, 1.807) is 49.4 Å². The standard InChI is InChI=1S/C21H21ClN4O4/c1-4-19(28)25(2)20-21(29)26(16-8-6-5-7-15(16)24-20)12-18(27)23-13-9-10-17(30-3)14(22)11-13/h5-11H,4,12H2,1-3H3,(H,23,27). The van der Waals surface area contributed by atoms with E-state index in [0.717, 1.165) is 0 Å². The van der Waals surface area contributed by atoms with Crippen molar-refractivity contribution in [1.29, 1.82) is 0 Å². The summed E-state index contributed by atoms with van der Waals surface area (Å²) in [4.78, 5) is 43.4. The maximum atomic E-state index is 13.1. The van der Waals surface area contributed by atoms with Gasteiger partial charge in [-0.1, -0.05) is 30.7 Å². The molecular weight excluding hydrogens is 408 g/mol. The number of ether oxygens (including phenoxy) is 1. The minimum absolute atomic E-state index is 0.0270. The lowest BCUT2D eigenvalue weighted by atomic mass is 10.2. The number of carbonyl (C=O) groups is 2. The van der Waals surface area contributed by atoms with E-state index in [2.05, 4.69) is 10.3 Å². The van der Waals surface area contributed by atoms with Gasteiger partial charge in [-0.2, -0.15) is 0 Å². The quantitative estimate of drug-likeness (QED) is 0.651. The third kappa shape index (κ3) is 4.28. The summed E-state index contributed by atoms with van der Waals surface area (Å²) in [7, 11) is 2.99. The van der Waals surface area contributed by atoms with E-state index in [1.165, 1.54) is 23.6 Å². The predicted molar refractivity (Wildman–Crippen MR) is 116 cm³/mol. The third-order valence-corrected chi connectivity index (χ3v) is 4.86. The number of methoxy groups -OCH3 is 1. The molecule has 0 aliphatic rings. The molecule has 0 saturated carbocycles. The molecule has 0 spiro atoms. The van der Waals surface area contributed by atoms with Crippen LogP contribution in [0.5, 0.6) is 5.75 Å². The van der Waals surface area contributed by atoms with Crippen molar-refractivity contribution in [2.24, 2.45) is 0 Å². The highest BCUT2D eigenvalue weighted by Crippen LogP contribution is 2.27. The second-order valence-corrected chi connectivity index (χ2v) is 6.93. The van der Waals surface area contributed by atoms with Crippen LogP contribution in [0.2, 0.25) is 5.02 Å². The topological polar surface area (TPSA) is 93.5 Å². The first-order valence-corrected chi connectivity index (χ1v) is 9.63. The number of para-hydroxylation sites is 2. The van der Waals surface area contributed by atoms with Crippen molar-refractivity contribution in [3.63, 3.8) is 0 Å². The molecule has 3 rings (SSSR count). The number of nitrogens with one attached hydrogen (secondary N) is 1. The number of benzene rings is 2. The molecule has 1 heterocycles. The molecule has 8 nitrogen and oxygen atoms in total. The molecule has 0 radical (unpaired) electrons. The van der Waals surface area contributed by atoms with E-state index in [9.17, 15) is 14.4 Å². The number of carbonyl (C=O) groups excluding carboxylic acids is 2. The molecule has 3 aromatic rings. The highest BCUT2D eigenvalue weighted by atomic mass is 35.5. The first-order valence-electron chi connectivity index (χ1n) is 9.25. The third-order valence-electron chi connectivity index (χ3n) is 4.57. The fraction of sp³-hybridized carbons (Fsp3) is 0.238. The zero-order valence-electron chi connectivity index (χ0n) is 16.8. The minimum atomic E-state index is -0.527. The molecule has 0 atom stereocenters. The summed E-state index contributed by atoms with van der Waals surface area (Å²) in [5.41, 5.74) is 0.936. The van der Waals surface area contributed by atoms with Gasteiger partial charge in [0.15, 0.2) is 0 Å². The van der Waals surface area contributed by atoms with Crippen LogP contribution in [0.3, 0.4) is 0 Å². The summed E-state index contributed by atoms with van der Waals surface area (Å²) in [5, 5.41) is 3.07. The van der Waals surface area contributed by atoms with Crippen molar-refractivity contribution in [3.8, 4) is 5.75 Å². The van der Waals surface area contributed by atoms with Gasteiger partial charge in [0.2, 0.25) is 17.6 Å². The Bertz CT molecular complexity index is 1180. The number of nitrogens with zero attached hydrogens (tertiary/aromatic N) is 3. The zero-order valence-corrected chi connectivity index (χ0v) is 17.6. The average molecular weight is 429 g/mol. The molecule has 30 heavy (non-hydrogen) atoms. The summed E-state index contributed by atoms with van der Waals surface area (Å²) in [5.74, 6) is -0.219. The van der Waals surface area contributed by atoms with Crippen LogP contribution in [0.4, 0.5) is 11.5 Å². The highest BCUT2D eigenvalue weighted by Gasteiger charge is 2.19. The smallest absolute Gasteiger partial charge is 0.294 e. The molecule has 0 saturated heterocycles. The van der Waals surface area contributed by atoms with Crippen LogP contribution in [0.25, 0.3) is 11.0 Å². The molecule has 2 aromatic carbocycles. The van der Waals surface area contributed by atoms with Crippen LogP contribution in [0, 0.1) is 0 Å². The number of anilines is 2. The van der Waals surface area contributed by atoms with Gasteiger partial charge in [-0.05, 0) is 30.3 Å². The van der Waals surface area contributed by atoms with Crippen LogP contribution in [-0.4, -0.2) is 35.5 Å². The summed E-state index contributed by atoms with van der Waals surface area (Å²) in [6, 6.07) is 11.8. The number of halogens is 1. The predicted octanol–water partition coefficient (Wildman–Crippen LogP) is 3.07. The number of hydrogen-bond donors (Lipinski definition) is 1. The lowest BCUT2D eigenvalue weighted by molar-refractivity contribution is -0.118. The molecule has 0 unspecified atom stereocenters. The fourth-order valence-electron chi connectivity index (χ4n) is 3.00. The summed E-state index contributed by atoms with van der Waals surface area (Å²) in [6.07, 6.45) is 0.225. The Balaban J connectivity index is 1.97. The van der Waals surface area contributed by atoms with Crippen LogP contribution >= 0.6 is 11.6 Å². The number of rotatable bonds is 6. The molecule has 0 fully saturated rings. The van der Waals surface area contributed by atoms with Crippen molar-refractivity contribution < 1.29 is 14.3 Å². The van der Waals surface area contributed by atoms with Crippen LogP contribution in [-0.2, 0) is 16.1 Å². The Hall–Kier alpha value is -3.39. The van der Waals surface area contributed by atoms with Crippen LogP contribution < -0.4 is 20.5 Å². The first kappa shape index (κ1) is 21.3. The van der Waals surface area contributed by atoms with Gasteiger partial charge in [0.25, 0.3) is 5.56 Å². The molecule has 1 N–H and O–H groups in total. The van der Waals surface area contributed by atoms with E-state index in [-0.39, 0.29) is 24.7 Å². The average Bonchev–Trinajstić information content (AvgIpc) is 2.74. The second-order valence-electron chi connectivity index (χ2n) is 6.52. The Morgan fingerprint density at radius 2 is 1.97 bits per heavy atom. The van der Waals surface area contributed by atoms with E-state index in [4.69, 9.17) is 16.3 Å². The van der Waals surface area contributed by atoms with E-state index in [0.29, 0.717) is 27.5 Å². The maximum absolute atomic E-state index is 13.1. The molecule has 2 amide bonds. The summed E-state index contributed by atoms with van der Waals surface area (Å²) in [6.45, 7) is 1.44. The molecule has 0 aliphatic carbocycles. The van der Waals surface area contributed by atoms with Gasteiger partial charge in [0.1, 0.15) is 12.3 Å². The number of hydrogen-bond acceptors (Lipinski definition) is 5. The monoisotopic (exact) mass is 428 g/mol. The summed E-state index contributed by atoms with van der Waals surface area (Å²) < 4.78 is 6.40. The highest BCUT2D eigenvalue weighted by molar-refractivity contribution is 6.32. The second kappa shape index (κ2) is 8.96. The SMILES string of the molecule is CCC(=O)N(C)c1nc2ccccc2n(CC(=O)Nc2ccc(OC)c(Cl)c2)c1=O. The van der Waals surface area contributed by atoms with Gasteiger partial charge in [0, 0.05) is 19.2 Å². The van der Waals surface area contributed by atoms with Crippen molar-refractivity contribution >= 4 is 46.0 Å². The van der Waals surface area contributed by atoms with Gasteiger partial charge in [-0.15, -0.1) is 0 Å². The Labute approximate surface area is 178 Å². The normalized spacial score (nSPS) is 10.7. The van der Waals surface area contributed by atoms with Crippen molar-refractivity contribution in [2.75, 3.05) is 24.4 Å². The maximum Gasteiger partial charge on any atom is 0.294 e.